The van der Waals surface area contributed by atoms with Gasteiger partial charge in [0, 0.05) is 31.5 Å². The van der Waals surface area contributed by atoms with Gasteiger partial charge in [-0.2, -0.15) is 0 Å². The number of nitrogens with zero attached hydrogens (tertiary/aromatic N) is 3. The first kappa shape index (κ1) is 14.7. The Hall–Kier alpha value is -1.36. The predicted molar refractivity (Wildman–Crippen MR) is 73.1 cm³/mol. The van der Waals surface area contributed by atoms with E-state index in [-0.39, 0.29) is 18.2 Å². The Morgan fingerprint density at radius 1 is 1.44 bits per heavy atom. The Kier molecular flexibility index (Phi) is 5.85. The van der Waals surface area contributed by atoms with Crippen LogP contribution in [-0.4, -0.2) is 34.4 Å². The minimum atomic E-state index is -0.0861. The van der Waals surface area contributed by atoms with Crippen molar-refractivity contribution in [2.45, 2.75) is 39.7 Å². The number of hydrogen-bond donors (Lipinski definition) is 1. The lowest BCUT2D eigenvalue weighted by Crippen LogP contribution is -2.36. The Balaban J connectivity index is 3.04. The van der Waals surface area contributed by atoms with Gasteiger partial charge in [0.1, 0.15) is 0 Å². The van der Waals surface area contributed by atoms with Crippen LogP contribution in [0.1, 0.15) is 39.7 Å². The fourth-order valence-electron chi connectivity index (χ4n) is 1.83. The van der Waals surface area contributed by atoms with Crippen molar-refractivity contribution in [1.29, 1.82) is 0 Å². The van der Waals surface area contributed by atoms with Gasteiger partial charge in [0.05, 0.1) is 6.61 Å². The average molecular weight is 253 g/mol. The van der Waals surface area contributed by atoms with Crippen molar-refractivity contribution in [3.63, 3.8) is 0 Å². The molecule has 1 heterocycles. The van der Waals surface area contributed by atoms with Gasteiger partial charge in [-0.05, 0) is 20.3 Å². The van der Waals surface area contributed by atoms with Crippen molar-refractivity contribution in [1.82, 2.24) is 9.55 Å². The number of aliphatic hydroxyl groups is 1. The number of unbranched alkanes of at least 4 members (excludes halogenated alkanes) is 1. The van der Waals surface area contributed by atoms with Crippen LogP contribution in [0.5, 0.6) is 0 Å². The van der Waals surface area contributed by atoms with Crippen LogP contribution in [0.15, 0.2) is 17.2 Å². The van der Waals surface area contributed by atoms with E-state index in [0.29, 0.717) is 12.4 Å². The largest absolute Gasteiger partial charge is 0.395 e. The molecule has 0 radical (unpaired) electrons. The highest BCUT2D eigenvalue weighted by Gasteiger charge is 2.13. The van der Waals surface area contributed by atoms with Crippen molar-refractivity contribution < 1.29 is 5.11 Å². The Morgan fingerprint density at radius 3 is 2.72 bits per heavy atom. The van der Waals surface area contributed by atoms with Gasteiger partial charge in [-0.3, -0.25) is 4.79 Å². The van der Waals surface area contributed by atoms with Gasteiger partial charge < -0.3 is 14.6 Å². The van der Waals surface area contributed by atoms with E-state index in [1.165, 1.54) is 0 Å². The first-order chi connectivity index (χ1) is 8.61. The molecule has 0 saturated carbocycles. The van der Waals surface area contributed by atoms with E-state index in [0.717, 1.165) is 19.4 Å². The van der Waals surface area contributed by atoms with E-state index in [9.17, 15) is 4.79 Å². The molecule has 0 aromatic carbocycles. The highest BCUT2D eigenvalue weighted by atomic mass is 16.3. The molecule has 1 aromatic rings. The summed E-state index contributed by atoms with van der Waals surface area (Å²) in [6, 6.07) is 0.112. The van der Waals surface area contributed by atoms with Gasteiger partial charge in [0.2, 0.25) is 0 Å². The summed E-state index contributed by atoms with van der Waals surface area (Å²) >= 11 is 0. The van der Waals surface area contributed by atoms with Gasteiger partial charge >= 0.3 is 0 Å². The molecule has 102 valence electrons. The zero-order valence-electron chi connectivity index (χ0n) is 11.5. The number of aliphatic hydroxyl groups excluding tert-OH is 1. The molecule has 18 heavy (non-hydrogen) atoms. The summed E-state index contributed by atoms with van der Waals surface area (Å²) in [5.41, 5.74) is -0.0861. The number of anilines is 1. The standard InChI is InChI=1S/C13H23N3O2/c1-4-5-7-15(9-10-17)12-13(18)16(11(2)3)8-6-14-12/h6,8,11,17H,4-5,7,9-10H2,1-3H3. The zero-order valence-corrected chi connectivity index (χ0v) is 11.5. The first-order valence-electron chi connectivity index (χ1n) is 6.54. The Labute approximate surface area is 108 Å². The van der Waals surface area contributed by atoms with Crippen LogP contribution in [0, 0.1) is 0 Å². The average Bonchev–Trinajstić information content (AvgIpc) is 2.34. The highest BCUT2D eigenvalue weighted by molar-refractivity contribution is 5.35. The summed E-state index contributed by atoms with van der Waals surface area (Å²) in [6.45, 7) is 7.26. The van der Waals surface area contributed by atoms with E-state index >= 15 is 0 Å². The Bertz CT molecular complexity index is 415. The van der Waals surface area contributed by atoms with Crippen LogP contribution >= 0.6 is 0 Å². The number of rotatable bonds is 7. The molecule has 0 amide bonds. The lowest BCUT2D eigenvalue weighted by atomic mass is 10.3. The van der Waals surface area contributed by atoms with Gasteiger partial charge in [-0.15, -0.1) is 0 Å². The molecule has 0 saturated heterocycles. The smallest absolute Gasteiger partial charge is 0.293 e. The van der Waals surface area contributed by atoms with Gasteiger partial charge in [0.15, 0.2) is 5.82 Å². The highest BCUT2D eigenvalue weighted by Crippen LogP contribution is 2.07. The van der Waals surface area contributed by atoms with Gasteiger partial charge in [-0.25, -0.2) is 4.98 Å². The summed E-state index contributed by atoms with van der Waals surface area (Å²) in [5.74, 6) is 0.439. The predicted octanol–water partition coefficient (Wildman–Crippen LogP) is 1.42. The molecule has 0 aliphatic rings. The molecule has 0 atom stereocenters. The molecule has 1 rings (SSSR count). The van der Waals surface area contributed by atoms with Crippen molar-refractivity contribution in [3.8, 4) is 0 Å². The van der Waals surface area contributed by atoms with Crippen molar-refractivity contribution in [2.75, 3.05) is 24.6 Å². The van der Waals surface area contributed by atoms with E-state index in [2.05, 4.69) is 11.9 Å². The maximum atomic E-state index is 12.3. The molecule has 1 N–H and O–H groups in total. The topological polar surface area (TPSA) is 58.4 Å². The molecule has 0 bridgehead atoms. The summed E-state index contributed by atoms with van der Waals surface area (Å²) in [5, 5.41) is 9.09. The third-order valence-electron chi connectivity index (χ3n) is 2.86. The minimum Gasteiger partial charge on any atom is -0.395 e. The summed E-state index contributed by atoms with van der Waals surface area (Å²) in [4.78, 5) is 18.3. The number of aromatic nitrogens is 2. The van der Waals surface area contributed by atoms with Crippen LogP contribution in [0.4, 0.5) is 5.82 Å². The number of hydrogen-bond acceptors (Lipinski definition) is 4. The lowest BCUT2D eigenvalue weighted by Gasteiger charge is -2.23. The van der Waals surface area contributed by atoms with E-state index < -0.39 is 0 Å². The summed E-state index contributed by atoms with van der Waals surface area (Å²) in [7, 11) is 0. The normalized spacial score (nSPS) is 10.9. The van der Waals surface area contributed by atoms with Crippen LogP contribution in [0.2, 0.25) is 0 Å². The van der Waals surface area contributed by atoms with Gasteiger partial charge in [-0.1, -0.05) is 13.3 Å². The summed E-state index contributed by atoms with van der Waals surface area (Å²) < 4.78 is 1.67. The van der Waals surface area contributed by atoms with Gasteiger partial charge in [0.25, 0.3) is 5.56 Å². The molecule has 0 fully saturated rings. The Morgan fingerprint density at radius 2 is 2.17 bits per heavy atom. The molecule has 0 spiro atoms. The third kappa shape index (κ3) is 3.57. The van der Waals surface area contributed by atoms with Crippen molar-refractivity contribution in [3.05, 3.63) is 22.7 Å². The molecule has 0 aliphatic carbocycles. The lowest BCUT2D eigenvalue weighted by molar-refractivity contribution is 0.301. The van der Waals surface area contributed by atoms with E-state index in [4.69, 9.17) is 5.11 Å². The van der Waals surface area contributed by atoms with Crippen molar-refractivity contribution in [2.24, 2.45) is 0 Å². The molecular formula is C13H23N3O2. The van der Waals surface area contributed by atoms with Crippen molar-refractivity contribution >= 4 is 5.82 Å². The van der Waals surface area contributed by atoms with Crippen LogP contribution in [-0.2, 0) is 0 Å². The molecule has 5 nitrogen and oxygen atoms in total. The SMILES string of the molecule is CCCCN(CCO)c1nccn(C(C)C)c1=O. The minimum absolute atomic E-state index is 0.0292. The van der Waals surface area contributed by atoms with Crippen LogP contribution < -0.4 is 10.5 Å². The molecule has 0 aliphatic heterocycles. The van der Waals surface area contributed by atoms with E-state index in [1.807, 2.05) is 18.7 Å². The fourth-order valence-corrected chi connectivity index (χ4v) is 1.83. The quantitative estimate of drug-likeness (QED) is 0.798. The summed E-state index contributed by atoms with van der Waals surface area (Å²) in [6.07, 6.45) is 5.38. The first-order valence-corrected chi connectivity index (χ1v) is 6.54. The second-order valence-electron chi connectivity index (χ2n) is 4.62. The fraction of sp³-hybridized carbons (Fsp3) is 0.692. The van der Waals surface area contributed by atoms with E-state index in [1.54, 1.807) is 17.0 Å². The third-order valence-corrected chi connectivity index (χ3v) is 2.86. The second kappa shape index (κ2) is 7.16. The maximum absolute atomic E-state index is 12.3. The second-order valence-corrected chi connectivity index (χ2v) is 4.62. The molecule has 0 unspecified atom stereocenters. The zero-order chi connectivity index (χ0) is 13.5. The van der Waals surface area contributed by atoms with Crippen LogP contribution in [0.3, 0.4) is 0 Å². The van der Waals surface area contributed by atoms with Crippen LogP contribution in [0.25, 0.3) is 0 Å². The molecular weight excluding hydrogens is 230 g/mol. The maximum Gasteiger partial charge on any atom is 0.293 e. The molecule has 1 aromatic heterocycles. The monoisotopic (exact) mass is 253 g/mol. The molecule has 5 heteroatoms.